The Morgan fingerprint density at radius 3 is 2.33 bits per heavy atom. The molecule has 5 nitrogen and oxygen atoms in total. The first kappa shape index (κ1) is 17.4. The maximum Gasteiger partial charge on any atom is 0.224 e. The monoisotopic (exact) mass is 260 g/mol. The first-order chi connectivity index (χ1) is 8.34. The van der Waals surface area contributed by atoms with Gasteiger partial charge >= 0.3 is 0 Å². The number of rotatable bonds is 8. The summed E-state index contributed by atoms with van der Waals surface area (Å²) in [5.74, 6) is -0.157. The standard InChI is InChI=1S/C13H28N2O3/c1-13(2,3)6-10(7-14)12(16)15-8-11(18-5)9-17-4/h10-11H,6-9,14H2,1-5H3,(H,15,16). The highest BCUT2D eigenvalue weighted by atomic mass is 16.5. The number of nitrogens with two attached hydrogens (primary N) is 1. The Morgan fingerprint density at radius 1 is 1.33 bits per heavy atom. The number of hydrogen-bond acceptors (Lipinski definition) is 4. The van der Waals surface area contributed by atoms with Gasteiger partial charge < -0.3 is 20.5 Å². The first-order valence-corrected chi connectivity index (χ1v) is 6.33. The molecule has 0 saturated carbocycles. The lowest BCUT2D eigenvalue weighted by molar-refractivity contribution is -0.126. The van der Waals surface area contributed by atoms with Crippen LogP contribution < -0.4 is 11.1 Å². The van der Waals surface area contributed by atoms with Crippen molar-refractivity contribution in [3.63, 3.8) is 0 Å². The number of amides is 1. The average molecular weight is 260 g/mol. The van der Waals surface area contributed by atoms with Crippen LogP contribution in [0.3, 0.4) is 0 Å². The van der Waals surface area contributed by atoms with Crippen molar-refractivity contribution in [3.05, 3.63) is 0 Å². The van der Waals surface area contributed by atoms with Crippen molar-refractivity contribution < 1.29 is 14.3 Å². The molecule has 2 atom stereocenters. The Morgan fingerprint density at radius 2 is 1.94 bits per heavy atom. The van der Waals surface area contributed by atoms with E-state index in [2.05, 4.69) is 26.1 Å². The third kappa shape index (κ3) is 7.63. The average Bonchev–Trinajstić information content (AvgIpc) is 2.29. The minimum absolute atomic E-state index is 0.00872. The fourth-order valence-electron chi connectivity index (χ4n) is 1.78. The van der Waals surface area contributed by atoms with Crippen LogP contribution in [0.5, 0.6) is 0 Å². The minimum atomic E-state index is -0.148. The van der Waals surface area contributed by atoms with Gasteiger partial charge in [0, 0.05) is 27.3 Å². The van der Waals surface area contributed by atoms with Crippen molar-refractivity contribution in [3.8, 4) is 0 Å². The molecule has 0 aliphatic carbocycles. The molecular formula is C13H28N2O3. The third-order valence-corrected chi connectivity index (χ3v) is 2.70. The molecule has 0 heterocycles. The summed E-state index contributed by atoms with van der Waals surface area (Å²) in [6.07, 6.45) is 0.657. The molecule has 0 saturated heterocycles. The van der Waals surface area contributed by atoms with E-state index in [-0.39, 0.29) is 23.3 Å². The van der Waals surface area contributed by atoms with E-state index in [1.807, 2.05) is 0 Å². The van der Waals surface area contributed by atoms with Crippen LogP contribution in [-0.4, -0.2) is 45.9 Å². The van der Waals surface area contributed by atoms with E-state index >= 15 is 0 Å². The number of ether oxygens (including phenoxy) is 2. The summed E-state index contributed by atoms with van der Waals surface area (Å²) in [6.45, 7) is 7.58. The lowest BCUT2D eigenvalue weighted by Crippen LogP contribution is -2.42. The van der Waals surface area contributed by atoms with E-state index in [1.54, 1.807) is 14.2 Å². The maximum absolute atomic E-state index is 12.0. The molecule has 108 valence electrons. The summed E-state index contributed by atoms with van der Waals surface area (Å²) in [6, 6.07) is 0. The van der Waals surface area contributed by atoms with Crippen molar-refractivity contribution in [2.24, 2.45) is 17.1 Å². The number of methoxy groups -OCH3 is 2. The normalized spacial score (nSPS) is 15.2. The van der Waals surface area contributed by atoms with Crippen molar-refractivity contribution >= 4 is 5.91 Å². The van der Waals surface area contributed by atoms with Gasteiger partial charge in [-0.05, 0) is 11.8 Å². The molecule has 5 heteroatoms. The van der Waals surface area contributed by atoms with Crippen LogP contribution in [0.2, 0.25) is 0 Å². The largest absolute Gasteiger partial charge is 0.382 e. The molecule has 0 aromatic rings. The summed E-state index contributed by atoms with van der Waals surface area (Å²) in [5.41, 5.74) is 5.75. The molecule has 0 bridgehead atoms. The van der Waals surface area contributed by atoms with E-state index in [0.717, 1.165) is 6.42 Å². The molecule has 0 aromatic heterocycles. The second kappa shape index (κ2) is 8.45. The Labute approximate surface area is 110 Å². The summed E-state index contributed by atoms with van der Waals surface area (Å²) in [7, 11) is 3.21. The van der Waals surface area contributed by atoms with E-state index in [9.17, 15) is 4.79 Å². The zero-order chi connectivity index (χ0) is 14.2. The van der Waals surface area contributed by atoms with Crippen LogP contribution in [0.15, 0.2) is 0 Å². The van der Waals surface area contributed by atoms with Gasteiger partial charge in [0.25, 0.3) is 0 Å². The molecule has 0 aliphatic heterocycles. The molecule has 3 N–H and O–H groups in total. The van der Waals surface area contributed by atoms with Crippen LogP contribution in [0.25, 0.3) is 0 Å². The second-order valence-electron chi connectivity index (χ2n) is 5.76. The van der Waals surface area contributed by atoms with Crippen molar-refractivity contribution in [1.29, 1.82) is 0 Å². The summed E-state index contributed by atoms with van der Waals surface area (Å²) in [5, 5.41) is 2.87. The van der Waals surface area contributed by atoms with Crippen LogP contribution in [-0.2, 0) is 14.3 Å². The van der Waals surface area contributed by atoms with Gasteiger partial charge in [-0.25, -0.2) is 0 Å². The van der Waals surface area contributed by atoms with Crippen LogP contribution in [0, 0.1) is 11.3 Å². The van der Waals surface area contributed by atoms with Gasteiger partial charge in [0.1, 0.15) is 0 Å². The van der Waals surface area contributed by atoms with E-state index < -0.39 is 0 Å². The molecule has 0 radical (unpaired) electrons. The fraction of sp³-hybridized carbons (Fsp3) is 0.923. The van der Waals surface area contributed by atoms with E-state index in [0.29, 0.717) is 19.7 Å². The zero-order valence-corrected chi connectivity index (χ0v) is 12.3. The number of carbonyl (C=O) groups excluding carboxylic acids is 1. The molecule has 1 amide bonds. The summed E-state index contributed by atoms with van der Waals surface area (Å²) >= 11 is 0. The molecule has 18 heavy (non-hydrogen) atoms. The highest BCUT2D eigenvalue weighted by molar-refractivity contribution is 5.78. The zero-order valence-electron chi connectivity index (χ0n) is 12.3. The van der Waals surface area contributed by atoms with Gasteiger partial charge in [-0.1, -0.05) is 20.8 Å². The van der Waals surface area contributed by atoms with Gasteiger partial charge in [-0.15, -0.1) is 0 Å². The quantitative estimate of drug-likeness (QED) is 0.676. The van der Waals surface area contributed by atoms with Gasteiger partial charge in [0.2, 0.25) is 5.91 Å². The Bertz CT molecular complexity index is 239. The predicted octanol–water partition coefficient (Wildman–Crippen LogP) is 0.775. The van der Waals surface area contributed by atoms with E-state index in [1.165, 1.54) is 0 Å². The maximum atomic E-state index is 12.0. The molecule has 2 unspecified atom stereocenters. The minimum Gasteiger partial charge on any atom is -0.382 e. The van der Waals surface area contributed by atoms with Crippen molar-refractivity contribution in [2.45, 2.75) is 33.3 Å². The lowest BCUT2D eigenvalue weighted by atomic mass is 9.84. The number of carbonyl (C=O) groups is 1. The molecule has 0 fully saturated rings. The number of hydrogen-bond donors (Lipinski definition) is 2. The molecule has 0 aromatic carbocycles. The molecule has 0 spiro atoms. The molecule has 0 aliphatic rings. The highest BCUT2D eigenvalue weighted by Gasteiger charge is 2.24. The van der Waals surface area contributed by atoms with Gasteiger partial charge in [-0.2, -0.15) is 0 Å². The Hall–Kier alpha value is -0.650. The van der Waals surface area contributed by atoms with Crippen LogP contribution >= 0.6 is 0 Å². The van der Waals surface area contributed by atoms with Gasteiger partial charge in [0.15, 0.2) is 0 Å². The Kier molecular flexibility index (Phi) is 8.15. The van der Waals surface area contributed by atoms with Gasteiger partial charge in [0.05, 0.1) is 18.6 Å². The van der Waals surface area contributed by atoms with Crippen LogP contribution in [0.4, 0.5) is 0 Å². The van der Waals surface area contributed by atoms with Crippen LogP contribution in [0.1, 0.15) is 27.2 Å². The smallest absolute Gasteiger partial charge is 0.224 e. The Balaban J connectivity index is 4.19. The summed E-state index contributed by atoms with van der Waals surface area (Å²) < 4.78 is 10.2. The second-order valence-corrected chi connectivity index (χ2v) is 5.76. The third-order valence-electron chi connectivity index (χ3n) is 2.70. The molecular weight excluding hydrogens is 232 g/mol. The SMILES string of the molecule is COCC(CNC(=O)C(CN)CC(C)(C)C)OC. The summed E-state index contributed by atoms with van der Waals surface area (Å²) in [4.78, 5) is 12.0. The first-order valence-electron chi connectivity index (χ1n) is 6.33. The number of nitrogens with one attached hydrogen (secondary N) is 1. The lowest BCUT2D eigenvalue weighted by Gasteiger charge is -2.25. The van der Waals surface area contributed by atoms with Crippen molar-refractivity contribution in [2.75, 3.05) is 33.9 Å². The van der Waals surface area contributed by atoms with Gasteiger partial charge in [-0.3, -0.25) is 4.79 Å². The van der Waals surface area contributed by atoms with E-state index in [4.69, 9.17) is 15.2 Å². The fourth-order valence-corrected chi connectivity index (χ4v) is 1.78. The van der Waals surface area contributed by atoms with Crippen molar-refractivity contribution in [1.82, 2.24) is 5.32 Å². The molecule has 0 rings (SSSR count). The predicted molar refractivity (Wildman–Crippen MR) is 72.3 cm³/mol. The highest BCUT2D eigenvalue weighted by Crippen LogP contribution is 2.23. The topological polar surface area (TPSA) is 73.6 Å².